The lowest BCUT2D eigenvalue weighted by atomic mass is 9.96. The molecule has 1 heterocycles. The molecule has 1 aliphatic rings. The van der Waals surface area contributed by atoms with Crippen molar-refractivity contribution in [3.63, 3.8) is 0 Å². The molecule has 0 spiro atoms. The van der Waals surface area contributed by atoms with Gasteiger partial charge in [0.25, 0.3) is 0 Å². The number of carbonyl (C=O) groups excluding carboxylic acids is 1. The van der Waals surface area contributed by atoms with Crippen molar-refractivity contribution >= 4 is 35.8 Å². The summed E-state index contributed by atoms with van der Waals surface area (Å²) in [5.74, 6) is 0.767. The molecule has 7 nitrogen and oxygen atoms in total. The van der Waals surface area contributed by atoms with E-state index in [0.29, 0.717) is 12.6 Å². The van der Waals surface area contributed by atoms with Crippen LogP contribution in [-0.4, -0.2) is 53.2 Å². The van der Waals surface area contributed by atoms with Crippen molar-refractivity contribution in [1.82, 2.24) is 25.3 Å². The van der Waals surface area contributed by atoms with Gasteiger partial charge in [0.05, 0.1) is 18.8 Å². The van der Waals surface area contributed by atoms with E-state index in [1.54, 1.807) is 19.0 Å². The van der Waals surface area contributed by atoms with Gasteiger partial charge in [-0.25, -0.2) is 4.99 Å². The van der Waals surface area contributed by atoms with Crippen molar-refractivity contribution in [1.29, 1.82) is 0 Å². The number of rotatable bonds is 7. The molecule has 1 aliphatic carbocycles. The van der Waals surface area contributed by atoms with Gasteiger partial charge in [0.1, 0.15) is 0 Å². The average Bonchev–Trinajstić information content (AvgIpc) is 2.98. The van der Waals surface area contributed by atoms with Crippen LogP contribution >= 0.6 is 24.0 Å². The number of aryl methyl sites for hydroxylation is 2. The highest BCUT2D eigenvalue weighted by Crippen LogP contribution is 2.18. The maximum absolute atomic E-state index is 12.0. The van der Waals surface area contributed by atoms with Crippen LogP contribution in [0.4, 0.5) is 0 Å². The molecule has 0 atom stereocenters. The van der Waals surface area contributed by atoms with Crippen LogP contribution in [0.2, 0.25) is 0 Å². The maximum atomic E-state index is 12.0. The molecule has 0 aliphatic heterocycles. The molecule has 1 amide bonds. The van der Waals surface area contributed by atoms with Crippen LogP contribution in [0.3, 0.4) is 0 Å². The molecule has 28 heavy (non-hydrogen) atoms. The van der Waals surface area contributed by atoms with Crippen LogP contribution < -0.4 is 10.6 Å². The second kappa shape index (κ2) is 12.3. The zero-order chi connectivity index (χ0) is 19.8. The smallest absolute Gasteiger partial charge is 0.241 e. The Morgan fingerprint density at radius 2 is 1.89 bits per heavy atom. The van der Waals surface area contributed by atoms with Gasteiger partial charge in [-0.2, -0.15) is 5.10 Å². The number of carbonyl (C=O) groups is 1. The van der Waals surface area contributed by atoms with E-state index < -0.39 is 0 Å². The monoisotopic (exact) mass is 504 g/mol. The lowest BCUT2D eigenvalue weighted by Gasteiger charge is -2.25. The first-order chi connectivity index (χ1) is 13.0. The molecule has 0 radical (unpaired) electrons. The lowest BCUT2D eigenvalue weighted by Crippen LogP contribution is -2.47. The fourth-order valence-electron chi connectivity index (χ4n) is 3.64. The normalized spacial score (nSPS) is 15.1. The molecule has 2 N–H and O–H groups in total. The van der Waals surface area contributed by atoms with Crippen LogP contribution in [0, 0.1) is 0 Å². The van der Waals surface area contributed by atoms with E-state index in [1.807, 2.05) is 11.7 Å². The molecule has 1 fully saturated rings. The fourth-order valence-corrected chi connectivity index (χ4v) is 3.64. The first-order valence-corrected chi connectivity index (χ1v) is 10.2. The number of likely N-dealkylation sites (N-methyl/N-ethyl adjacent to an activating group) is 1. The summed E-state index contributed by atoms with van der Waals surface area (Å²) in [5, 5.41) is 11.4. The number of guanidine groups is 1. The number of hydrogen-bond acceptors (Lipinski definition) is 3. The average molecular weight is 504 g/mol. The number of halogens is 1. The second-order valence-corrected chi connectivity index (χ2v) is 7.49. The highest BCUT2D eigenvalue weighted by Gasteiger charge is 2.17. The van der Waals surface area contributed by atoms with Crippen LogP contribution in [-0.2, 0) is 31.2 Å². The van der Waals surface area contributed by atoms with Gasteiger partial charge < -0.3 is 15.5 Å². The molecule has 1 saturated carbocycles. The number of aromatic nitrogens is 2. The Hall–Kier alpha value is -1.32. The van der Waals surface area contributed by atoms with E-state index in [-0.39, 0.29) is 36.4 Å². The number of aliphatic imine (C=N–C) groups is 1. The van der Waals surface area contributed by atoms with Gasteiger partial charge in [0.15, 0.2) is 5.96 Å². The van der Waals surface area contributed by atoms with Crippen molar-refractivity contribution in [2.24, 2.45) is 12.0 Å². The van der Waals surface area contributed by atoms with Crippen LogP contribution in [0.15, 0.2) is 4.99 Å². The highest BCUT2D eigenvalue weighted by molar-refractivity contribution is 14.0. The first kappa shape index (κ1) is 24.7. The topological polar surface area (TPSA) is 74.5 Å². The maximum Gasteiger partial charge on any atom is 0.241 e. The minimum Gasteiger partial charge on any atom is -0.354 e. The molecule has 2 rings (SSSR count). The van der Waals surface area contributed by atoms with Gasteiger partial charge in [-0.05, 0) is 25.7 Å². The predicted octanol–water partition coefficient (Wildman–Crippen LogP) is 2.62. The molecule has 0 bridgehead atoms. The van der Waals surface area contributed by atoms with Crippen LogP contribution in [0.25, 0.3) is 0 Å². The lowest BCUT2D eigenvalue weighted by molar-refractivity contribution is -0.127. The Kier molecular flexibility index (Phi) is 10.8. The van der Waals surface area contributed by atoms with Crippen molar-refractivity contribution in [2.75, 3.05) is 20.6 Å². The molecule has 0 unspecified atom stereocenters. The zero-order valence-corrected chi connectivity index (χ0v) is 20.4. The van der Waals surface area contributed by atoms with Crippen molar-refractivity contribution in [3.8, 4) is 0 Å². The SMILES string of the molecule is CCc1nn(C)c(CC)c1CN=C(NCC(=O)N(C)C)NC1CCCCC1.I. The van der Waals surface area contributed by atoms with Gasteiger partial charge in [-0.3, -0.25) is 9.48 Å². The van der Waals surface area contributed by atoms with E-state index >= 15 is 0 Å². The number of nitrogens with one attached hydrogen (secondary N) is 2. The molecule has 1 aromatic rings. The largest absolute Gasteiger partial charge is 0.354 e. The molecular weight excluding hydrogens is 467 g/mol. The zero-order valence-electron chi connectivity index (χ0n) is 18.0. The molecule has 8 heteroatoms. The number of nitrogens with zero attached hydrogens (tertiary/aromatic N) is 4. The second-order valence-electron chi connectivity index (χ2n) is 7.49. The van der Waals surface area contributed by atoms with Crippen LogP contribution in [0.5, 0.6) is 0 Å². The van der Waals surface area contributed by atoms with E-state index in [1.165, 1.54) is 30.5 Å². The number of amides is 1. The van der Waals surface area contributed by atoms with Gasteiger partial charge in [0.2, 0.25) is 5.91 Å². The summed E-state index contributed by atoms with van der Waals surface area (Å²) in [5.41, 5.74) is 3.56. The molecule has 0 aromatic carbocycles. The summed E-state index contributed by atoms with van der Waals surface area (Å²) in [4.78, 5) is 18.4. The standard InChI is InChI=1S/C20H36N6O.HI/c1-6-17-16(18(7-2)26(5)24-17)13-21-20(22-14-19(27)25(3)4)23-15-11-9-8-10-12-15;/h15H,6-14H2,1-5H3,(H2,21,22,23);1H. The Morgan fingerprint density at radius 3 is 2.46 bits per heavy atom. The molecule has 1 aromatic heterocycles. The number of hydrogen-bond donors (Lipinski definition) is 2. The van der Waals surface area contributed by atoms with Crippen molar-refractivity contribution < 1.29 is 4.79 Å². The minimum absolute atomic E-state index is 0. The van der Waals surface area contributed by atoms with Gasteiger partial charge in [-0.15, -0.1) is 24.0 Å². The summed E-state index contributed by atoms with van der Waals surface area (Å²) >= 11 is 0. The summed E-state index contributed by atoms with van der Waals surface area (Å²) in [6, 6.07) is 0.435. The van der Waals surface area contributed by atoms with Crippen LogP contribution in [0.1, 0.15) is 62.9 Å². The van der Waals surface area contributed by atoms with E-state index in [9.17, 15) is 4.79 Å². The Balaban J connectivity index is 0.00000392. The quantitative estimate of drug-likeness (QED) is 0.340. The summed E-state index contributed by atoms with van der Waals surface area (Å²) in [6.45, 7) is 5.11. The Bertz CT molecular complexity index is 649. The third-order valence-electron chi connectivity index (χ3n) is 5.27. The van der Waals surface area contributed by atoms with E-state index in [0.717, 1.165) is 37.3 Å². The molecule has 0 saturated heterocycles. The third-order valence-corrected chi connectivity index (χ3v) is 5.27. The molecular formula is C20H37IN6O. The third kappa shape index (κ3) is 6.93. The van der Waals surface area contributed by atoms with Gasteiger partial charge >= 0.3 is 0 Å². The Labute approximate surface area is 186 Å². The summed E-state index contributed by atoms with van der Waals surface area (Å²) in [6.07, 6.45) is 7.98. The predicted molar refractivity (Wildman–Crippen MR) is 125 cm³/mol. The van der Waals surface area contributed by atoms with Crippen molar-refractivity contribution in [3.05, 3.63) is 17.0 Å². The van der Waals surface area contributed by atoms with Crippen molar-refractivity contribution in [2.45, 2.75) is 71.4 Å². The summed E-state index contributed by atoms with van der Waals surface area (Å²) in [7, 11) is 5.54. The highest BCUT2D eigenvalue weighted by atomic mass is 127. The van der Waals surface area contributed by atoms with E-state index in [4.69, 9.17) is 4.99 Å². The van der Waals surface area contributed by atoms with Gasteiger partial charge in [0, 0.05) is 38.4 Å². The fraction of sp³-hybridized carbons (Fsp3) is 0.750. The molecule has 160 valence electrons. The Morgan fingerprint density at radius 1 is 1.21 bits per heavy atom. The van der Waals surface area contributed by atoms with E-state index in [2.05, 4.69) is 29.6 Å². The minimum atomic E-state index is 0. The first-order valence-electron chi connectivity index (χ1n) is 10.2. The van der Waals surface area contributed by atoms with Gasteiger partial charge in [-0.1, -0.05) is 33.1 Å². The summed E-state index contributed by atoms with van der Waals surface area (Å²) < 4.78 is 1.97.